The summed E-state index contributed by atoms with van der Waals surface area (Å²) in [5, 5.41) is 17.3. The number of rotatable bonds is 12. The molecule has 2 aromatic heterocycles. The van der Waals surface area contributed by atoms with Crippen LogP contribution in [0.1, 0.15) is 50.0 Å². The Hall–Kier alpha value is -4.55. The standard InChI is InChI=1S/C28H35F2N7O4/c1-5-20(36-23(38)16-33-27(40)41-28(2,3)4)15-32-26(39)21-12-22(30)24(18-13-34-35-14-18)37-25(21)31-10-9-17-7-6-8-19(29)11-17/h6-8,11-14,20H,5,9-10,15-16H2,1-4H3,(H,31,37)(H,32,39)(H,33,40)(H,34,35)(H,36,38)/t20-/m1/s1. The van der Waals surface area contributed by atoms with Crippen LogP contribution in [0.3, 0.4) is 0 Å². The number of halogens is 2. The first kappa shape index (κ1) is 31.0. The van der Waals surface area contributed by atoms with Gasteiger partial charge in [-0.1, -0.05) is 19.1 Å². The second-order valence-electron chi connectivity index (χ2n) is 10.2. The summed E-state index contributed by atoms with van der Waals surface area (Å²) in [6.07, 6.45) is 3.07. The quantitative estimate of drug-likeness (QED) is 0.223. The smallest absolute Gasteiger partial charge is 0.408 e. The molecule has 11 nitrogen and oxygen atoms in total. The van der Waals surface area contributed by atoms with Crippen LogP contribution in [0, 0.1) is 11.6 Å². The summed E-state index contributed by atoms with van der Waals surface area (Å²) in [5.74, 6) is -2.02. The van der Waals surface area contributed by atoms with Crippen LogP contribution in [0.5, 0.6) is 0 Å². The van der Waals surface area contributed by atoms with Crippen molar-refractivity contribution in [1.82, 2.24) is 31.1 Å². The van der Waals surface area contributed by atoms with Crippen molar-refractivity contribution < 1.29 is 27.9 Å². The van der Waals surface area contributed by atoms with Crippen LogP contribution in [-0.4, -0.2) is 64.4 Å². The third-order valence-electron chi connectivity index (χ3n) is 5.75. The van der Waals surface area contributed by atoms with Gasteiger partial charge in [-0.15, -0.1) is 0 Å². The Morgan fingerprint density at radius 1 is 1.12 bits per heavy atom. The van der Waals surface area contributed by atoms with Crippen LogP contribution in [0.4, 0.5) is 19.4 Å². The number of hydrogen-bond donors (Lipinski definition) is 5. The van der Waals surface area contributed by atoms with Gasteiger partial charge in [0.1, 0.15) is 29.5 Å². The lowest BCUT2D eigenvalue weighted by Crippen LogP contribution is -2.47. The average molecular weight is 572 g/mol. The van der Waals surface area contributed by atoms with E-state index in [-0.39, 0.29) is 36.0 Å². The zero-order valence-electron chi connectivity index (χ0n) is 23.4. The van der Waals surface area contributed by atoms with E-state index in [1.807, 2.05) is 6.92 Å². The van der Waals surface area contributed by atoms with Crippen LogP contribution in [0.2, 0.25) is 0 Å². The van der Waals surface area contributed by atoms with Crippen LogP contribution in [0.15, 0.2) is 42.7 Å². The van der Waals surface area contributed by atoms with Crippen molar-refractivity contribution in [3.63, 3.8) is 0 Å². The van der Waals surface area contributed by atoms with Crippen molar-refractivity contribution in [3.05, 3.63) is 65.5 Å². The molecule has 1 atom stereocenters. The molecule has 0 unspecified atom stereocenters. The lowest BCUT2D eigenvalue weighted by atomic mass is 10.1. The molecule has 3 aromatic rings. The highest BCUT2D eigenvalue weighted by molar-refractivity contribution is 5.99. The molecule has 0 aliphatic heterocycles. The van der Waals surface area contributed by atoms with Crippen LogP contribution in [0.25, 0.3) is 11.3 Å². The van der Waals surface area contributed by atoms with Crippen molar-refractivity contribution in [2.45, 2.75) is 52.2 Å². The predicted octanol–water partition coefficient (Wildman–Crippen LogP) is 3.55. The summed E-state index contributed by atoms with van der Waals surface area (Å²) < 4.78 is 33.7. The first-order valence-corrected chi connectivity index (χ1v) is 13.2. The number of alkyl carbamates (subject to hydrolysis) is 1. The van der Waals surface area contributed by atoms with Gasteiger partial charge in [0, 0.05) is 30.9 Å². The lowest BCUT2D eigenvalue weighted by Gasteiger charge is -2.21. The van der Waals surface area contributed by atoms with E-state index >= 15 is 4.39 Å². The summed E-state index contributed by atoms with van der Waals surface area (Å²) in [7, 11) is 0. The molecular formula is C28H35F2N7O4. The number of H-pyrrole nitrogens is 1. The van der Waals surface area contributed by atoms with Gasteiger partial charge >= 0.3 is 6.09 Å². The van der Waals surface area contributed by atoms with Gasteiger partial charge in [0.15, 0.2) is 5.82 Å². The van der Waals surface area contributed by atoms with E-state index in [1.165, 1.54) is 24.5 Å². The molecule has 3 amide bonds. The van der Waals surface area contributed by atoms with Crippen LogP contribution < -0.4 is 21.3 Å². The number of aromatic nitrogens is 3. The second-order valence-corrected chi connectivity index (χ2v) is 10.2. The summed E-state index contributed by atoms with van der Waals surface area (Å²) in [4.78, 5) is 41.6. The van der Waals surface area contributed by atoms with E-state index in [0.29, 0.717) is 24.9 Å². The number of carbonyl (C=O) groups excluding carboxylic acids is 3. The highest BCUT2D eigenvalue weighted by Crippen LogP contribution is 2.25. The number of pyridine rings is 1. The number of anilines is 1. The van der Waals surface area contributed by atoms with E-state index < -0.39 is 35.4 Å². The van der Waals surface area contributed by atoms with Crippen molar-refractivity contribution in [3.8, 4) is 11.3 Å². The summed E-state index contributed by atoms with van der Waals surface area (Å²) in [6, 6.07) is 6.76. The van der Waals surface area contributed by atoms with Crippen molar-refractivity contribution >= 4 is 23.7 Å². The predicted molar refractivity (Wildman–Crippen MR) is 149 cm³/mol. The molecule has 0 aliphatic rings. The van der Waals surface area contributed by atoms with Crippen LogP contribution >= 0.6 is 0 Å². The average Bonchev–Trinajstić information content (AvgIpc) is 3.44. The normalized spacial score (nSPS) is 11.9. The molecular weight excluding hydrogens is 536 g/mol. The molecule has 13 heteroatoms. The van der Waals surface area contributed by atoms with Gasteiger partial charge in [-0.25, -0.2) is 18.6 Å². The topological polar surface area (TPSA) is 150 Å². The number of benzene rings is 1. The fourth-order valence-electron chi connectivity index (χ4n) is 3.75. The maximum absolute atomic E-state index is 15.0. The number of aromatic amines is 1. The molecule has 0 spiro atoms. The number of nitrogens with one attached hydrogen (secondary N) is 5. The monoisotopic (exact) mass is 571 g/mol. The maximum atomic E-state index is 15.0. The van der Waals surface area contributed by atoms with Gasteiger partial charge in [-0.05, 0) is 57.4 Å². The maximum Gasteiger partial charge on any atom is 0.408 e. The zero-order valence-corrected chi connectivity index (χ0v) is 23.4. The molecule has 0 radical (unpaired) electrons. The molecule has 41 heavy (non-hydrogen) atoms. The number of amides is 3. The molecule has 3 rings (SSSR count). The highest BCUT2D eigenvalue weighted by atomic mass is 19.1. The molecule has 1 aromatic carbocycles. The minimum Gasteiger partial charge on any atom is -0.444 e. The van der Waals surface area contributed by atoms with Gasteiger partial charge in [0.05, 0.1) is 11.8 Å². The third-order valence-corrected chi connectivity index (χ3v) is 5.75. The summed E-state index contributed by atoms with van der Waals surface area (Å²) >= 11 is 0. The Morgan fingerprint density at radius 3 is 2.56 bits per heavy atom. The lowest BCUT2D eigenvalue weighted by molar-refractivity contribution is -0.121. The van der Waals surface area contributed by atoms with E-state index in [2.05, 4.69) is 36.4 Å². The van der Waals surface area contributed by atoms with E-state index in [4.69, 9.17) is 4.74 Å². The second kappa shape index (κ2) is 14.2. The number of nitrogens with zero attached hydrogens (tertiary/aromatic N) is 2. The van der Waals surface area contributed by atoms with Gasteiger partial charge in [-0.2, -0.15) is 5.10 Å². The van der Waals surface area contributed by atoms with Crippen molar-refractivity contribution in [1.29, 1.82) is 0 Å². The molecule has 0 bridgehead atoms. The van der Waals surface area contributed by atoms with Gasteiger partial charge in [0.2, 0.25) is 5.91 Å². The van der Waals surface area contributed by atoms with E-state index in [0.717, 1.165) is 11.6 Å². The fraction of sp³-hybridized carbons (Fsp3) is 0.393. The number of hydrogen-bond acceptors (Lipinski definition) is 7. The Labute approximate surface area is 236 Å². The summed E-state index contributed by atoms with van der Waals surface area (Å²) in [6.45, 7) is 6.98. The number of ether oxygens (including phenoxy) is 1. The van der Waals surface area contributed by atoms with Gasteiger partial charge < -0.3 is 26.0 Å². The SMILES string of the molecule is CC[C@H](CNC(=O)c1cc(F)c(-c2cn[nH]c2)nc1NCCc1cccc(F)c1)NC(=O)CNC(=O)OC(C)(C)C. The molecule has 0 saturated heterocycles. The molecule has 220 valence electrons. The zero-order chi connectivity index (χ0) is 30.0. The molecule has 0 saturated carbocycles. The van der Waals surface area contributed by atoms with Crippen molar-refractivity contribution in [2.75, 3.05) is 25.0 Å². The van der Waals surface area contributed by atoms with E-state index in [9.17, 15) is 18.8 Å². The fourth-order valence-corrected chi connectivity index (χ4v) is 3.75. The Kier molecular flexibility index (Phi) is 10.7. The minimum atomic E-state index is -0.722. The molecule has 5 N–H and O–H groups in total. The molecule has 0 aliphatic carbocycles. The summed E-state index contributed by atoms with van der Waals surface area (Å²) in [5.41, 5.74) is 0.399. The number of carbonyl (C=O) groups is 3. The largest absolute Gasteiger partial charge is 0.444 e. The van der Waals surface area contributed by atoms with Gasteiger partial charge in [0.25, 0.3) is 5.91 Å². The first-order chi connectivity index (χ1) is 19.4. The molecule has 0 fully saturated rings. The highest BCUT2D eigenvalue weighted by Gasteiger charge is 2.21. The Balaban J connectivity index is 1.66. The van der Waals surface area contributed by atoms with Crippen LogP contribution in [-0.2, 0) is 16.0 Å². The Morgan fingerprint density at radius 2 is 1.90 bits per heavy atom. The first-order valence-electron chi connectivity index (χ1n) is 13.2. The van der Waals surface area contributed by atoms with Crippen molar-refractivity contribution in [2.24, 2.45) is 0 Å². The Bertz CT molecular complexity index is 1340. The molecule has 2 heterocycles. The third kappa shape index (κ3) is 9.85. The van der Waals surface area contributed by atoms with Gasteiger partial charge in [-0.3, -0.25) is 14.7 Å². The minimum absolute atomic E-state index is 0.000240. The van der Waals surface area contributed by atoms with E-state index in [1.54, 1.807) is 32.9 Å².